The standard InChI is InChI=1S/C18H28N2O2/c1-4-13-22-18-6-5-15(2)14-16(18)17(21)7-8-20-11-9-19(3)10-12-20/h5-6,14H,4,7-13H2,1-3H3. The second-order valence-electron chi connectivity index (χ2n) is 6.17. The van der Waals surface area contributed by atoms with E-state index in [9.17, 15) is 4.79 Å². The summed E-state index contributed by atoms with van der Waals surface area (Å²) in [5, 5.41) is 0. The third kappa shape index (κ3) is 4.82. The maximum atomic E-state index is 12.6. The van der Waals surface area contributed by atoms with Crippen molar-refractivity contribution < 1.29 is 9.53 Å². The third-order valence-corrected chi connectivity index (χ3v) is 4.15. The van der Waals surface area contributed by atoms with Gasteiger partial charge in [-0.2, -0.15) is 0 Å². The van der Waals surface area contributed by atoms with Gasteiger partial charge in [0, 0.05) is 39.1 Å². The number of hydrogen-bond acceptors (Lipinski definition) is 4. The Morgan fingerprint density at radius 1 is 1.23 bits per heavy atom. The molecule has 1 saturated heterocycles. The topological polar surface area (TPSA) is 32.8 Å². The summed E-state index contributed by atoms with van der Waals surface area (Å²) in [4.78, 5) is 17.3. The van der Waals surface area contributed by atoms with E-state index in [4.69, 9.17) is 4.74 Å². The number of rotatable bonds is 7. The predicted molar refractivity (Wildman–Crippen MR) is 89.8 cm³/mol. The molecule has 1 fully saturated rings. The Bertz CT molecular complexity index is 494. The minimum absolute atomic E-state index is 0.189. The van der Waals surface area contributed by atoms with Gasteiger partial charge in [-0.1, -0.05) is 18.6 Å². The lowest BCUT2D eigenvalue weighted by Gasteiger charge is -2.32. The second kappa shape index (κ2) is 8.30. The van der Waals surface area contributed by atoms with Crippen molar-refractivity contribution in [3.8, 4) is 5.75 Å². The number of Topliss-reactive ketones (excluding diaryl/α,β-unsaturated/α-hetero) is 1. The highest BCUT2D eigenvalue weighted by Gasteiger charge is 2.17. The Balaban J connectivity index is 1.94. The molecule has 0 aliphatic carbocycles. The smallest absolute Gasteiger partial charge is 0.167 e. The number of aryl methyl sites for hydroxylation is 1. The number of hydrogen-bond donors (Lipinski definition) is 0. The fraction of sp³-hybridized carbons (Fsp3) is 0.611. The Labute approximate surface area is 134 Å². The molecule has 1 aromatic carbocycles. The van der Waals surface area contributed by atoms with Gasteiger partial charge in [0.25, 0.3) is 0 Å². The molecule has 0 radical (unpaired) electrons. The molecule has 0 aromatic heterocycles. The number of carbonyl (C=O) groups is 1. The number of likely N-dealkylation sites (N-methyl/N-ethyl adjacent to an activating group) is 1. The molecule has 1 aliphatic heterocycles. The van der Waals surface area contributed by atoms with Crippen LogP contribution in [0.3, 0.4) is 0 Å². The molecule has 0 amide bonds. The van der Waals surface area contributed by atoms with E-state index in [1.54, 1.807) is 0 Å². The maximum absolute atomic E-state index is 12.6. The van der Waals surface area contributed by atoms with Crippen molar-refractivity contribution in [1.82, 2.24) is 9.80 Å². The van der Waals surface area contributed by atoms with Crippen molar-refractivity contribution in [3.05, 3.63) is 29.3 Å². The third-order valence-electron chi connectivity index (χ3n) is 4.15. The average Bonchev–Trinajstić information content (AvgIpc) is 2.53. The molecule has 0 unspecified atom stereocenters. The largest absolute Gasteiger partial charge is 0.493 e. The van der Waals surface area contributed by atoms with Gasteiger partial charge in [-0.05, 0) is 32.5 Å². The highest BCUT2D eigenvalue weighted by molar-refractivity contribution is 5.99. The van der Waals surface area contributed by atoms with Gasteiger partial charge in [-0.25, -0.2) is 0 Å². The van der Waals surface area contributed by atoms with Crippen molar-refractivity contribution in [2.75, 3.05) is 46.4 Å². The molecule has 0 atom stereocenters. The van der Waals surface area contributed by atoms with Gasteiger partial charge in [0.05, 0.1) is 12.2 Å². The zero-order valence-electron chi connectivity index (χ0n) is 14.1. The first kappa shape index (κ1) is 17.0. The lowest BCUT2D eigenvalue weighted by molar-refractivity contribution is 0.0938. The first-order chi connectivity index (χ1) is 10.6. The molecule has 1 aliphatic rings. The first-order valence-electron chi connectivity index (χ1n) is 8.27. The predicted octanol–water partition coefficient (Wildman–Crippen LogP) is 2.60. The summed E-state index contributed by atoms with van der Waals surface area (Å²) < 4.78 is 5.73. The summed E-state index contributed by atoms with van der Waals surface area (Å²) >= 11 is 0. The number of piperazine rings is 1. The molecule has 4 heteroatoms. The minimum atomic E-state index is 0.189. The summed E-state index contributed by atoms with van der Waals surface area (Å²) in [5.41, 5.74) is 1.84. The SMILES string of the molecule is CCCOc1ccc(C)cc1C(=O)CCN1CCN(C)CC1. The van der Waals surface area contributed by atoms with Gasteiger partial charge < -0.3 is 14.5 Å². The number of benzene rings is 1. The summed E-state index contributed by atoms with van der Waals surface area (Å²) in [6.45, 7) is 9.86. The molecule has 0 bridgehead atoms. The molecule has 22 heavy (non-hydrogen) atoms. The molecule has 0 saturated carbocycles. The van der Waals surface area contributed by atoms with Crippen LogP contribution in [0.25, 0.3) is 0 Å². The van der Waals surface area contributed by atoms with Gasteiger partial charge in [0.2, 0.25) is 0 Å². The molecule has 0 spiro atoms. The van der Waals surface area contributed by atoms with Crippen molar-refractivity contribution in [2.24, 2.45) is 0 Å². The maximum Gasteiger partial charge on any atom is 0.167 e. The molecule has 0 N–H and O–H groups in total. The van der Waals surface area contributed by atoms with E-state index in [0.29, 0.717) is 13.0 Å². The lowest BCUT2D eigenvalue weighted by atomic mass is 10.0. The van der Waals surface area contributed by atoms with E-state index >= 15 is 0 Å². The van der Waals surface area contributed by atoms with Crippen molar-refractivity contribution in [1.29, 1.82) is 0 Å². The van der Waals surface area contributed by atoms with E-state index in [0.717, 1.165) is 56.0 Å². The van der Waals surface area contributed by atoms with Crippen LogP contribution >= 0.6 is 0 Å². The van der Waals surface area contributed by atoms with Gasteiger partial charge >= 0.3 is 0 Å². The fourth-order valence-electron chi connectivity index (χ4n) is 2.67. The van der Waals surface area contributed by atoms with E-state index in [-0.39, 0.29) is 5.78 Å². The molecule has 1 heterocycles. The lowest BCUT2D eigenvalue weighted by Crippen LogP contribution is -2.45. The molecule has 122 valence electrons. The van der Waals surface area contributed by atoms with Crippen LogP contribution in [0.4, 0.5) is 0 Å². The van der Waals surface area contributed by atoms with Crippen LogP contribution in [-0.4, -0.2) is 62.0 Å². The van der Waals surface area contributed by atoms with Gasteiger partial charge in [0.1, 0.15) is 5.75 Å². The fourth-order valence-corrected chi connectivity index (χ4v) is 2.67. The summed E-state index contributed by atoms with van der Waals surface area (Å²) in [6.07, 6.45) is 1.51. The summed E-state index contributed by atoms with van der Waals surface area (Å²) in [6, 6.07) is 5.88. The highest BCUT2D eigenvalue weighted by atomic mass is 16.5. The Kier molecular flexibility index (Phi) is 6.40. The van der Waals surface area contributed by atoms with Gasteiger partial charge in [-0.3, -0.25) is 4.79 Å². The van der Waals surface area contributed by atoms with Crippen LogP contribution in [-0.2, 0) is 0 Å². The minimum Gasteiger partial charge on any atom is -0.493 e. The monoisotopic (exact) mass is 304 g/mol. The van der Waals surface area contributed by atoms with E-state index < -0.39 is 0 Å². The van der Waals surface area contributed by atoms with E-state index in [1.165, 1.54) is 0 Å². The zero-order valence-corrected chi connectivity index (χ0v) is 14.1. The van der Waals surface area contributed by atoms with Crippen LogP contribution in [0, 0.1) is 6.92 Å². The van der Waals surface area contributed by atoms with Crippen molar-refractivity contribution in [3.63, 3.8) is 0 Å². The zero-order chi connectivity index (χ0) is 15.9. The molecular formula is C18H28N2O2. The van der Waals surface area contributed by atoms with Crippen molar-refractivity contribution >= 4 is 5.78 Å². The molecule has 2 rings (SSSR count). The van der Waals surface area contributed by atoms with Crippen LogP contribution in [0.2, 0.25) is 0 Å². The Morgan fingerprint density at radius 2 is 1.95 bits per heavy atom. The second-order valence-corrected chi connectivity index (χ2v) is 6.17. The van der Waals surface area contributed by atoms with Crippen molar-refractivity contribution in [2.45, 2.75) is 26.7 Å². The summed E-state index contributed by atoms with van der Waals surface area (Å²) in [5.74, 6) is 0.921. The highest BCUT2D eigenvalue weighted by Crippen LogP contribution is 2.22. The van der Waals surface area contributed by atoms with Gasteiger partial charge in [0.15, 0.2) is 5.78 Å². The number of nitrogens with zero attached hydrogens (tertiary/aromatic N) is 2. The Morgan fingerprint density at radius 3 is 2.64 bits per heavy atom. The molecule has 1 aromatic rings. The van der Waals surface area contributed by atoms with E-state index in [1.807, 2.05) is 25.1 Å². The first-order valence-corrected chi connectivity index (χ1v) is 8.27. The Hall–Kier alpha value is -1.39. The van der Waals surface area contributed by atoms with E-state index in [2.05, 4.69) is 23.8 Å². The van der Waals surface area contributed by atoms with Crippen LogP contribution in [0.15, 0.2) is 18.2 Å². The average molecular weight is 304 g/mol. The number of ether oxygens (including phenoxy) is 1. The number of ketones is 1. The molecular weight excluding hydrogens is 276 g/mol. The van der Waals surface area contributed by atoms with Crippen LogP contribution < -0.4 is 4.74 Å². The summed E-state index contributed by atoms with van der Waals surface area (Å²) in [7, 11) is 2.15. The number of carbonyl (C=O) groups excluding carboxylic acids is 1. The van der Waals surface area contributed by atoms with Gasteiger partial charge in [-0.15, -0.1) is 0 Å². The quantitative estimate of drug-likeness (QED) is 0.725. The van der Waals surface area contributed by atoms with Crippen LogP contribution in [0.5, 0.6) is 5.75 Å². The van der Waals surface area contributed by atoms with Crippen LogP contribution in [0.1, 0.15) is 35.7 Å². The normalized spacial score (nSPS) is 16.7. The molecule has 4 nitrogen and oxygen atoms in total.